The van der Waals surface area contributed by atoms with E-state index in [2.05, 4.69) is 32.0 Å². The van der Waals surface area contributed by atoms with E-state index in [4.69, 9.17) is 5.21 Å². The second-order valence-electron chi connectivity index (χ2n) is 3.90. The Morgan fingerprint density at radius 1 is 1.58 bits per heavy atom. The van der Waals surface area contributed by atoms with E-state index in [1.165, 1.54) is 5.57 Å². The molecule has 0 aromatic heterocycles. The molecule has 0 radical (unpaired) electrons. The molecule has 0 bridgehead atoms. The minimum Gasteiger partial charge on any atom is -0.411 e. The zero-order valence-electron chi connectivity index (χ0n) is 7.99. The van der Waals surface area contributed by atoms with Crippen molar-refractivity contribution in [1.82, 2.24) is 0 Å². The number of hydrogen-bond acceptors (Lipinski definition) is 2. The van der Waals surface area contributed by atoms with Crippen LogP contribution in [0.5, 0.6) is 0 Å². The van der Waals surface area contributed by atoms with Crippen molar-refractivity contribution in [2.45, 2.75) is 27.2 Å². The van der Waals surface area contributed by atoms with E-state index in [1.807, 2.05) is 0 Å². The van der Waals surface area contributed by atoms with Gasteiger partial charge in [-0.05, 0) is 25.2 Å². The molecule has 0 aromatic carbocycles. The van der Waals surface area contributed by atoms with Gasteiger partial charge in [0.15, 0.2) is 0 Å². The van der Waals surface area contributed by atoms with E-state index in [0.29, 0.717) is 17.8 Å². The Morgan fingerprint density at radius 2 is 2.25 bits per heavy atom. The first kappa shape index (κ1) is 9.30. The van der Waals surface area contributed by atoms with Crippen LogP contribution in [0.3, 0.4) is 0 Å². The Labute approximate surface area is 74.0 Å². The minimum atomic E-state index is 0.402. The van der Waals surface area contributed by atoms with Crippen LogP contribution >= 0.6 is 0 Å². The van der Waals surface area contributed by atoms with Gasteiger partial charge in [0.1, 0.15) is 0 Å². The van der Waals surface area contributed by atoms with E-state index < -0.39 is 0 Å². The standard InChI is InChI=1S/C10H17NO/c1-7-4-8(2)10(6-11-12)9(3)5-7/h4,6,8-10,12H,5H2,1-3H3/b11-6-/t8-,9+,10+/m1/s1. The molecule has 68 valence electrons. The Balaban J connectivity index is 2.75. The van der Waals surface area contributed by atoms with Crippen molar-refractivity contribution >= 4 is 6.21 Å². The summed E-state index contributed by atoms with van der Waals surface area (Å²) in [7, 11) is 0. The second kappa shape index (κ2) is 3.74. The molecule has 1 rings (SSSR count). The van der Waals surface area contributed by atoms with Crippen LogP contribution in [0.4, 0.5) is 0 Å². The topological polar surface area (TPSA) is 32.6 Å². The summed E-state index contributed by atoms with van der Waals surface area (Å²) in [6, 6.07) is 0. The second-order valence-corrected chi connectivity index (χ2v) is 3.90. The quantitative estimate of drug-likeness (QED) is 0.277. The van der Waals surface area contributed by atoms with Gasteiger partial charge in [-0.2, -0.15) is 0 Å². The van der Waals surface area contributed by atoms with Crippen LogP contribution in [0.25, 0.3) is 0 Å². The highest BCUT2D eigenvalue weighted by molar-refractivity contribution is 5.61. The monoisotopic (exact) mass is 167 g/mol. The predicted octanol–water partition coefficient (Wildman–Crippen LogP) is 2.68. The van der Waals surface area contributed by atoms with Crippen LogP contribution in [-0.4, -0.2) is 11.4 Å². The summed E-state index contributed by atoms with van der Waals surface area (Å²) < 4.78 is 0. The van der Waals surface area contributed by atoms with Gasteiger partial charge in [-0.1, -0.05) is 25.5 Å². The van der Waals surface area contributed by atoms with Gasteiger partial charge in [-0.3, -0.25) is 0 Å². The number of rotatable bonds is 1. The minimum absolute atomic E-state index is 0.402. The third kappa shape index (κ3) is 1.87. The zero-order chi connectivity index (χ0) is 9.14. The van der Waals surface area contributed by atoms with Crippen molar-refractivity contribution in [2.24, 2.45) is 22.9 Å². The fourth-order valence-electron chi connectivity index (χ4n) is 2.15. The van der Waals surface area contributed by atoms with Crippen LogP contribution < -0.4 is 0 Å². The maximum absolute atomic E-state index is 8.47. The van der Waals surface area contributed by atoms with Gasteiger partial charge < -0.3 is 5.21 Å². The number of nitrogens with zero attached hydrogens (tertiary/aromatic N) is 1. The van der Waals surface area contributed by atoms with Crippen molar-refractivity contribution < 1.29 is 5.21 Å². The molecule has 2 nitrogen and oxygen atoms in total. The van der Waals surface area contributed by atoms with Gasteiger partial charge in [-0.25, -0.2) is 0 Å². The molecule has 1 N–H and O–H groups in total. The maximum atomic E-state index is 8.47. The Kier molecular flexibility index (Phi) is 2.90. The fourth-order valence-corrected chi connectivity index (χ4v) is 2.15. The molecule has 1 aliphatic rings. The summed E-state index contributed by atoms with van der Waals surface area (Å²) in [6.07, 6.45) is 5.06. The molecular formula is C10H17NO. The highest BCUT2D eigenvalue weighted by atomic mass is 16.4. The van der Waals surface area contributed by atoms with Crippen molar-refractivity contribution in [3.8, 4) is 0 Å². The Bertz CT molecular complexity index is 208. The first-order valence-corrected chi connectivity index (χ1v) is 4.50. The average Bonchev–Trinajstić information content (AvgIpc) is 1.96. The molecule has 2 heteroatoms. The lowest BCUT2D eigenvalue weighted by Crippen LogP contribution is -2.24. The molecular weight excluding hydrogens is 150 g/mol. The third-order valence-corrected chi connectivity index (χ3v) is 2.69. The largest absolute Gasteiger partial charge is 0.411 e. The van der Waals surface area contributed by atoms with Crippen molar-refractivity contribution in [2.75, 3.05) is 0 Å². The Hall–Kier alpha value is -0.790. The van der Waals surface area contributed by atoms with E-state index in [-0.39, 0.29) is 0 Å². The summed E-state index contributed by atoms with van der Waals surface area (Å²) in [4.78, 5) is 0. The first-order chi connectivity index (χ1) is 5.65. The normalized spacial score (nSPS) is 36.9. The highest BCUT2D eigenvalue weighted by Gasteiger charge is 2.25. The van der Waals surface area contributed by atoms with E-state index >= 15 is 0 Å². The molecule has 0 fully saturated rings. The van der Waals surface area contributed by atoms with Gasteiger partial charge in [0.25, 0.3) is 0 Å². The summed E-state index contributed by atoms with van der Waals surface area (Å²) in [5, 5.41) is 11.6. The molecule has 0 amide bonds. The predicted molar refractivity (Wildman–Crippen MR) is 50.5 cm³/mol. The molecule has 3 atom stereocenters. The van der Waals surface area contributed by atoms with Crippen LogP contribution in [0.2, 0.25) is 0 Å². The summed E-state index contributed by atoms with van der Waals surface area (Å²) in [6.45, 7) is 6.55. The lowest BCUT2D eigenvalue weighted by Gasteiger charge is -2.29. The van der Waals surface area contributed by atoms with Gasteiger partial charge in [-0.15, -0.1) is 5.16 Å². The van der Waals surface area contributed by atoms with Crippen LogP contribution in [-0.2, 0) is 0 Å². The molecule has 0 spiro atoms. The summed E-state index contributed by atoms with van der Waals surface area (Å²) in [5.41, 5.74) is 1.46. The molecule has 12 heavy (non-hydrogen) atoms. The van der Waals surface area contributed by atoms with E-state index in [9.17, 15) is 0 Å². The molecule has 0 aliphatic heterocycles. The fraction of sp³-hybridized carbons (Fsp3) is 0.700. The summed E-state index contributed by atoms with van der Waals surface area (Å²) in [5.74, 6) is 1.50. The number of hydrogen-bond donors (Lipinski definition) is 1. The molecule has 0 heterocycles. The number of oxime groups is 1. The van der Waals surface area contributed by atoms with E-state index in [0.717, 1.165) is 6.42 Å². The molecule has 0 aromatic rings. The van der Waals surface area contributed by atoms with Gasteiger partial charge >= 0.3 is 0 Å². The van der Waals surface area contributed by atoms with Crippen LogP contribution in [0.15, 0.2) is 16.8 Å². The van der Waals surface area contributed by atoms with Gasteiger partial charge in [0.05, 0.1) is 0 Å². The molecule has 0 saturated heterocycles. The average molecular weight is 167 g/mol. The molecule has 0 unspecified atom stereocenters. The maximum Gasteiger partial charge on any atom is 0.0475 e. The van der Waals surface area contributed by atoms with Crippen LogP contribution in [0.1, 0.15) is 27.2 Å². The van der Waals surface area contributed by atoms with Crippen LogP contribution in [0, 0.1) is 17.8 Å². The van der Waals surface area contributed by atoms with Gasteiger partial charge in [0.2, 0.25) is 0 Å². The van der Waals surface area contributed by atoms with Crippen molar-refractivity contribution in [3.05, 3.63) is 11.6 Å². The molecule has 0 saturated carbocycles. The molecule has 1 aliphatic carbocycles. The SMILES string of the molecule is CC1=C[C@@H](C)[C@H](/C=N\O)[C@@H](C)C1. The first-order valence-electron chi connectivity index (χ1n) is 4.50. The summed E-state index contributed by atoms with van der Waals surface area (Å²) >= 11 is 0. The third-order valence-electron chi connectivity index (χ3n) is 2.69. The van der Waals surface area contributed by atoms with Crippen molar-refractivity contribution in [1.29, 1.82) is 0 Å². The Morgan fingerprint density at radius 3 is 2.75 bits per heavy atom. The van der Waals surface area contributed by atoms with Gasteiger partial charge in [0, 0.05) is 12.1 Å². The smallest absolute Gasteiger partial charge is 0.0475 e. The number of allylic oxidation sites excluding steroid dienone is 2. The van der Waals surface area contributed by atoms with Crippen molar-refractivity contribution in [3.63, 3.8) is 0 Å². The lowest BCUT2D eigenvalue weighted by atomic mass is 9.76. The zero-order valence-corrected chi connectivity index (χ0v) is 7.99. The van der Waals surface area contributed by atoms with E-state index in [1.54, 1.807) is 6.21 Å². The highest BCUT2D eigenvalue weighted by Crippen LogP contribution is 2.31. The lowest BCUT2D eigenvalue weighted by molar-refractivity contribution is 0.303.